The fraction of sp³-hybridized carbons (Fsp3) is 0. The molecular formula is C52H33N3S. The molecule has 0 atom stereocenters. The summed E-state index contributed by atoms with van der Waals surface area (Å²) in [5.41, 5.74) is 10.6. The van der Waals surface area contributed by atoms with Gasteiger partial charge in [-0.1, -0.05) is 115 Å². The van der Waals surface area contributed by atoms with Gasteiger partial charge in [0.25, 0.3) is 0 Å². The SMILES string of the molecule is c1ccc(N(c2ccccc2)c2ccc3sc4cc(N(c5ccccc5)c5ccc6cccc7c6c5c5cccc6c8ccccc8n7c65)ccc4c3c2)cc1. The van der Waals surface area contributed by atoms with Gasteiger partial charge in [0, 0.05) is 75.5 Å². The van der Waals surface area contributed by atoms with Crippen molar-refractivity contribution in [2.45, 2.75) is 0 Å². The normalized spacial score (nSPS) is 11.9. The molecule has 0 fully saturated rings. The summed E-state index contributed by atoms with van der Waals surface area (Å²) in [7, 11) is 0. The van der Waals surface area contributed by atoms with Gasteiger partial charge >= 0.3 is 0 Å². The highest BCUT2D eigenvalue weighted by molar-refractivity contribution is 7.25. The molecule has 0 aliphatic rings. The topological polar surface area (TPSA) is 10.9 Å². The molecule has 0 unspecified atom stereocenters. The summed E-state index contributed by atoms with van der Waals surface area (Å²) >= 11 is 1.86. The van der Waals surface area contributed by atoms with E-state index < -0.39 is 0 Å². The second-order valence-electron chi connectivity index (χ2n) is 14.5. The van der Waals surface area contributed by atoms with Crippen LogP contribution in [0.15, 0.2) is 200 Å². The van der Waals surface area contributed by atoms with Crippen molar-refractivity contribution in [3.63, 3.8) is 0 Å². The minimum absolute atomic E-state index is 1.13. The summed E-state index contributed by atoms with van der Waals surface area (Å²) in [5.74, 6) is 0. The van der Waals surface area contributed by atoms with Gasteiger partial charge in [0.1, 0.15) is 0 Å². The number of para-hydroxylation sites is 5. The first-order valence-electron chi connectivity index (χ1n) is 19.1. The number of fused-ring (bicyclic) bond motifs is 8. The molecule has 3 nitrogen and oxygen atoms in total. The van der Waals surface area contributed by atoms with Crippen LogP contribution in [0.25, 0.3) is 69.0 Å². The summed E-state index contributed by atoms with van der Waals surface area (Å²) in [6.07, 6.45) is 0. The Balaban J connectivity index is 1.09. The van der Waals surface area contributed by atoms with Gasteiger partial charge in [-0.25, -0.2) is 0 Å². The highest BCUT2D eigenvalue weighted by Gasteiger charge is 2.23. The number of anilines is 6. The van der Waals surface area contributed by atoms with Gasteiger partial charge in [0.05, 0.1) is 22.2 Å². The molecule has 0 aliphatic carbocycles. The molecule has 0 spiro atoms. The van der Waals surface area contributed by atoms with Crippen LogP contribution in [0.4, 0.5) is 34.1 Å². The van der Waals surface area contributed by atoms with Crippen LogP contribution in [0.5, 0.6) is 0 Å². The maximum absolute atomic E-state index is 2.49. The van der Waals surface area contributed by atoms with Crippen LogP contribution in [-0.2, 0) is 0 Å². The zero-order valence-corrected chi connectivity index (χ0v) is 31.1. The predicted octanol–water partition coefficient (Wildman–Crippen LogP) is 15.3. The van der Waals surface area contributed by atoms with Gasteiger partial charge < -0.3 is 14.2 Å². The molecule has 4 heteroatoms. The van der Waals surface area contributed by atoms with Gasteiger partial charge in [-0.05, 0) is 90.3 Å². The van der Waals surface area contributed by atoms with Gasteiger partial charge in [0.15, 0.2) is 0 Å². The molecule has 0 saturated heterocycles. The lowest BCUT2D eigenvalue weighted by Crippen LogP contribution is -2.11. The molecule has 9 aromatic carbocycles. The van der Waals surface area contributed by atoms with Crippen molar-refractivity contribution >= 4 is 115 Å². The fourth-order valence-electron chi connectivity index (χ4n) is 9.10. The third-order valence-electron chi connectivity index (χ3n) is 11.4. The molecule has 262 valence electrons. The number of rotatable bonds is 6. The molecule has 0 aliphatic heterocycles. The Bertz CT molecular complexity index is 3380. The number of pyridine rings is 1. The Morgan fingerprint density at radius 2 is 0.946 bits per heavy atom. The fourth-order valence-corrected chi connectivity index (χ4v) is 10.2. The lowest BCUT2D eigenvalue weighted by molar-refractivity contribution is 1.29. The molecule has 56 heavy (non-hydrogen) atoms. The average Bonchev–Trinajstić information content (AvgIpc) is 3.80. The second-order valence-corrected chi connectivity index (χ2v) is 15.6. The van der Waals surface area contributed by atoms with Crippen molar-refractivity contribution in [2.75, 3.05) is 9.80 Å². The van der Waals surface area contributed by atoms with Crippen LogP contribution in [0.3, 0.4) is 0 Å². The van der Waals surface area contributed by atoms with Crippen molar-refractivity contribution in [1.29, 1.82) is 0 Å². The quantitative estimate of drug-likeness (QED) is 0.125. The van der Waals surface area contributed by atoms with Crippen molar-refractivity contribution in [3.8, 4) is 0 Å². The van der Waals surface area contributed by atoms with Crippen LogP contribution in [0.2, 0.25) is 0 Å². The number of nitrogens with zero attached hydrogens (tertiary/aromatic N) is 3. The van der Waals surface area contributed by atoms with Gasteiger partial charge in [-0.2, -0.15) is 0 Å². The Kier molecular flexibility index (Phi) is 6.80. The Morgan fingerprint density at radius 1 is 0.339 bits per heavy atom. The molecule has 3 aromatic heterocycles. The third kappa shape index (κ3) is 4.57. The number of thiophene rings is 1. The lowest BCUT2D eigenvalue weighted by atomic mass is 9.96. The summed E-state index contributed by atoms with van der Waals surface area (Å²) < 4.78 is 5.03. The second kappa shape index (κ2) is 12.2. The van der Waals surface area contributed by atoms with Gasteiger partial charge in [0.2, 0.25) is 0 Å². The standard InChI is InChI=1S/C52H33N3S/c1-4-15-35(16-5-1)53(36-17-6-2-7-18-36)38-28-31-48-44(32-38)41-29-27-39(33-49(41)56-48)54(37-19-8-3-9-20-37)47-30-26-34-14-12-25-46-50(34)51(47)43-23-13-22-42-40-21-10-11-24-45(40)55(46)52(42)43/h1-33H. The van der Waals surface area contributed by atoms with E-state index in [1.54, 1.807) is 0 Å². The molecule has 0 saturated carbocycles. The minimum atomic E-state index is 1.13. The van der Waals surface area contributed by atoms with Crippen LogP contribution in [0, 0.1) is 0 Å². The molecule has 12 rings (SSSR count). The third-order valence-corrected chi connectivity index (χ3v) is 12.6. The molecule has 3 heterocycles. The van der Waals surface area contributed by atoms with Gasteiger partial charge in [-0.3, -0.25) is 0 Å². The van der Waals surface area contributed by atoms with Crippen molar-refractivity contribution < 1.29 is 0 Å². The van der Waals surface area contributed by atoms with Crippen LogP contribution < -0.4 is 9.80 Å². The molecule has 0 bridgehead atoms. The highest BCUT2D eigenvalue weighted by atomic mass is 32.1. The van der Waals surface area contributed by atoms with Crippen molar-refractivity contribution in [1.82, 2.24) is 4.40 Å². The van der Waals surface area contributed by atoms with Crippen LogP contribution in [0.1, 0.15) is 0 Å². The molecule has 0 N–H and O–H groups in total. The number of benzene rings is 9. The van der Waals surface area contributed by atoms with E-state index in [0.717, 1.165) is 28.4 Å². The van der Waals surface area contributed by atoms with Crippen LogP contribution >= 0.6 is 11.3 Å². The first-order valence-corrected chi connectivity index (χ1v) is 19.9. The Labute approximate surface area is 327 Å². The Morgan fingerprint density at radius 3 is 1.71 bits per heavy atom. The number of hydrogen-bond acceptors (Lipinski definition) is 3. The minimum Gasteiger partial charge on any atom is -0.310 e. The first kappa shape index (κ1) is 31.2. The van der Waals surface area contributed by atoms with E-state index in [-0.39, 0.29) is 0 Å². The summed E-state index contributed by atoms with van der Waals surface area (Å²) in [5, 5.41) is 10.1. The molecular weight excluding hydrogens is 699 g/mol. The molecule has 12 aromatic rings. The first-order chi connectivity index (χ1) is 27.8. The average molecular weight is 732 g/mol. The van der Waals surface area contributed by atoms with E-state index in [1.165, 1.54) is 74.7 Å². The maximum atomic E-state index is 2.49. The van der Waals surface area contributed by atoms with Crippen molar-refractivity contribution in [3.05, 3.63) is 200 Å². The lowest BCUT2D eigenvalue weighted by Gasteiger charge is -2.28. The van der Waals surface area contributed by atoms with E-state index in [2.05, 4.69) is 214 Å². The monoisotopic (exact) mass is 731 g/mol. The maximum Gasteiger partial charge on any atom is 0.0620 e. The van der Waals surface area contributed by atoms with E-state index >= 15 is 0 Å². The molecule has 0 amide bonds. The zero-order chi connectivity index (χ0) is 36.7. The van der Waals surface area contributed by atoms with E-state index in [4.69, 9.17) is 0 Å². The number of hydrogen-bond donors (Lipinski definition) is 0. The smallest absolute Gasteiger partial charge is 0.0620 e. The predicted molar refractivity (Wildman–Crippen MR) is 241 cm³/mol. The summed E-state index contributed by atoms with van der Waals surface area (Å²) in [6.45, 7) is 0. The van der Waals surface area contributed by atoms with Crippen molar-refractivity contribution in [2.24, 2.45) is 0 Å². The zero-order valence-electron chi connectivity index (χ0n) is 30.3. The van der Waals surface area contributed by atoms with E-state index in [9.17, 15) is 0 Å². The largest absolute Gasteiger partial charge is 0.310 e. The summed E-state index contributed by atoms with van der Waals surface area (Å²) in [4.78, 5) is 4.80. The van der Waals surface area contributed by atoms with Crippen LogP contribution in [-0.4, -0.2) is 4.40 Å². The van der Waals surface area contributed by atoms with Gasteiger partial charge in [-0.15, -0.1) is 11.3 Å². The number of aromatic nitrogens is 1. The Hall–Kier alpha value is -7.14. The summed E-state index contributed by atoms with van der Waals surface area (Å²) in [6, 6.07) is 73.1. The molecule has 0 radical (unpaired) electrons. The van der Waals surface area contributed by atoms with E-state index in [0.29, 0.717) is 0 Å². The van der Waals surface area contributed by atoms with E-state index in [1.807, 2.05) is 11.3 Å². The highest BCUT2D eigenvalue weighted by Crippen LogP contribution is 2.48.